The first-order valence-electron chi connectivity index (χ1n) is 5.72. The van der Waals surface area contributed by atoms with Crippen LogP contribution in [0.1, 0.15) is 17.2 Å². The first-order valence-corrected chi connectivity index (χ1v) is 5.72. The fraction of sp³-hybridized carbons (Fsp3) is 0.538. The zero-order valence-electron chi connectivity index (χ0n) is 10.2. The van der Waals surface area contributed by atoms with Crippen molar-refractivity contribution in [2.75, 3.05) is 26.9 Å². The maximum atomic E-state index is 10.1. The Hall–Kier alpha value is -1.10. The normalized spacial score (nSPS) is 17.6. The first kappa shape index (κ1) is 12.4. The van der Waals surface area contributed by atoms with Gasteiger partial charge in [0.2, 0.25) is 0 Å². The molecule has 0 spiro atoms. The highest BCUT2D eigenvalue weighted by Gasteiger charge is 2.21. The van der Waals surface area contributed by atoms with Crippen molar-refractivity contribution in [1.82, 2.24) is 0 Å². The molecule has 2 rings (SSSR count). The van der Waals surface area contributed by atoms with Crippen LogP contribution in [0, 0.1) is 6.92 Å². The minimum absolute atomic E-state index is 0.125. The van der Waals surface area contributed by atoms with Crippen LogP contribution in [0.15, 0.2) is 18.2 Å². The summed E-state index contributed by atoms with van der Waals surface area (Å²) in [5.41, 5.74) is 1.86. The fourth-order valence-corrected chi connectivity index (χ4v) is 1.74. The summed E-state index contributed by atoms with van der Waals surface area (Å²) in [6.45, 7) is 3.50. The summed E-state index contributed by atoms with van der Waals surface area (Å²) in [6.07, 6.45) is -0.536. The van der Waals surface area contributed by atoms with E-state index in [1.165, 1.54) is 0 Å². The van der Waals surface area contributed by atoms with Gasteiger partial charge in [0.05, 0.1) is 26.9 Å². The molecule has 1 aromatic carbocycles. The summed E-state index contributed by atoms with van der Waals surface area (Å²) in [5, 5.41) is 10.1. The average molecular weight is 238 g/mol. The molecule has 0 aromatic heterocycles. The molecule has 0 aliphatic carbocycles. The van der Waals surface area contributed by atoms with Crippen molar-refractivity contribution in [2.24, 2.45) is 0 Å². The van der Waals surface area contributed by atoms with Gasteiger partial charge in [0.25, 0.3) is 0 Å². The molecule has 0 amide bonds. The van der Waals surface area contributed by atoms with E-state index in [1.54, 1.807) is 7.11 Å². The Morgan fingerprint density at radius 2 is 2.24 bits per heavy atom. The molecule has 4 nitrogen and oxygen atoms in total. The van der Waals surface area contributed by atoms with Gasteiger partial charge in [0, 0.05) is 5.56 Å². The summed E-state index contributed by atoms with van der Waals surface area (Å²) < 4.78 is 15.7. The van der Waals surface area contributed by atoms with Gasteiger partial charge < -0.3 is 19.3 Å². The molecule has 1 atom stereocenters. The van der Waals surface area contributed by atoms with Crippen molar-refractivity contribution in [2.45, 2.75) is 19.1 Å². The lowest BCUT2D eigenvalue weighted by Gasteiger charge is -2.27. The molecular formula is C13H18O4. The van der Waals surface area contributed by atoms with Crippen molar-refractivity contribution in [3.05, 3.63) is 29.3 Å². The highest BCUT2D eigenvalue weighted by atomic mass is 16.6. The van der Waals surface area contributed by atoms with E-state index < -0.39 is 6.10 Å². The molecule has 1 N–H and O–H groups in total. The van der Waals surface area contributed by atoms with Crippen molar-refractivity contribution in [3.63, 3.8) is 0 Å². The van der Waals surface area contributed by atoms with Gasteiger partial charge in [-0.05, 0) is 19.1 Å². The largest absolute Gasteiger partial charge is 0.496 e. The number of aliphatic hydroxyl groups excluding tert-OH is 1. The van der Waals surface area contributed by atoms with Gasteiger partial charge in [-0.1, -0.05) is 11.6 Å². The van der Waals surface area contributed by atoms with Crippen molar-refractivity contribution in [1.29, 1.82) is 0 Å². The highest BCUT2D eigenvalue weighted by molar-refractivity contribution is 5.38. The number of aryl methyl sites for hydroxylation is 1. The second kappa shape index (κ2) is 5.49. The predicted octanol–water partition coefficient (Wildman–Crippen LogP) is 1.45. The van der Waals surface area contributed by atoms with Gasteiger partial charge in [0.1, 0.15) is 18.0 Å². The molecule has 0 saturated carbocycles. The second-order valence-corrected chi connectivity index (χ2v) is 4.25. The molecule has 0 radical (unpaired) electrons. The third-order valence-corrected chi connectivity index (χ3v) is 2.84. The van der Waals surface area contributed by atoms with E-state index in [0.29, 0.717) is 19.0 Å². The van der Waals surface area contributed by atoms with Crippen molar-refractivity contribution < 1.29 is 19.3 Å². The lowest BCUT2D eigenvalue weighted by molar-refractivity contribution is -0.143. The Morgan fingerprint density at radius 1 is 1.47 bits per heavy atom. The second-order valence-electron chi connectivity index (χ2n) is 4.25. The Bertz CT molecular complexity index is 374. The van der Waals surface area contributed by atoms with Gasteiger partial charge in [-0.2, -0.15) is 0 Å². The number of rotatable bonds is 5. The van der Waals surface area contributed by atoms with Crippen LogP contribution in [-0.2, 0) is 9.47 Å². The summed E-state index contributed by atoms with van der Waals surface area (Å²) in [5.74, 6) is 0.691. The van der Waals surface area contributed by atoms with Crippen molar-refractivity contribution in [3.8, 4) is 5.75 Å². The van der Waals surface area contributed by atoms with E-state index in [1.807, 2.05) is 25.1 Å². The lowest BCUT2D eigenvalue weighted by atomic mass is 10.1. The van der Waals surface area contributed by atoms with Gasteiger partial charge in [-0.15, -0.1) is 0 Å². The smallest absolute Gasteiger partial charge is 0.124 e. The molecule has 1 heterocycles. The minimum atomic E-state index is -0.662. The first-order chi connectivity index (χ1) is 8.20. The summed E-state index contributed by atoms with van der Waals surface area (Å²) >= 11 is 0. The Kier molecular flexibility index (Phi) is 3.99. The third-order valence-electron chi connectivity index (χ3n) is 2.84. The number of hydrogen-bond acceptors (Lipinski definition) is 4. The van der Waals surface area contributed by atoms with E-state index in [4.69, 9.17) is 14.2 Å². The van der Waals surface area contributed by atoms with E-state index in [0.717, 1.165) is 11.1 Å². The number of methoxy groups -OCH3 is 1. The molecule has 1 aliphatic heterocycles. The minimum Gasteiger partial charge on any atom is -0.496 e. The molecule has 4 heteroatoms. The third kappa shape index (κ3) is 2.97. The topological polar surface area (TPSA) is 47.9 Å². The zero-order chi connectivity index (χ0) is 12.3. The van der Waals surface area contributed by atoms with Crippen LogP contribution >= 0.6 is 0 Å². The van der Waals surface area contributed by atoms with E-state index in [9.17, 15) is 5.11 Å². The van der Waals surface area contributed by atoms with Crippen LogP contribution < -0.4 is 4.74 Å². The predicted molar refractivity (Wildman–Crippen MR) is 63.2 cm³/mol. The van der Waals surface area contributed by atoms with Crippen molar-refractivity contribution >= 4 is 0 Å². The van der Waals surface area contributed by atoms with Crippen LogP contribution in [-0.4, -0.2) is 38.1 Å². The average Bonchev–Trinajstić information content (AvgIpc) is 2.26. The fourth-order valence-electron chi connectivity index (χ4n) is 1.74. The molecule has 1 fully saturated rings. The summed E-state index contributed by atoms with van der Waals surface area (Å²) in [7, 11) is 1.60. The van der Waals surface area contributed by atoms with E-state index >= 15 is 0 Å². The van der Waals surface area contributed by atoms with E-state index in [-0.39, 0.29) is 12.7 Å². The Morgan fingerprint density at radius 3 is 2.82 bits per heavy atom. The molecular weight excluding hydrogens is 220 g/mol. The summed E-state index contributed by atoms with van der Waals surface area (Å²) in [4.78, 5) is 0. The maximum Gasteiger partial charge on any atom is 0.124 e. The standard InChI is InChI=1S/C13H18O4/c1-9-3-4-13(15-2)11(5-9)12(14)8-17-10-6-16-7-10/h3-5,10,12,14H,6-8H2,1-2H3. The van der Waals surface area contributed by atoms with Gasteiger partial charge in [-0.3, -0.25) is 0 Å². The van der Waals surface area contributed by atoms with Gasteiger partial charge in [0.15, 0.2) is 0 Å². The zero-order valence-corrected chi connectivity index (χ0v) is 10.2. The molecule has 94 valence electrons. The number of hydrogen-bond donors (Lipinski definition) is 1. The molecule has 0 bridgehead atoms. The SMILES string of the molecule is COc1ccc(C)cc1C(O)COC1COC1. The van der Waals surface area contributed by atoms with Crippen LogP contribution in [0.5, 0.6) is 5.75 Å². The molecule has 17 heavy (non-hydrogen) atoms. The Balaban J connectivity index is 2.00. The maximum absolute atomic E-state index is 10.1. The number of benzene rings is 1. The monoisotopic (exact) mass is 238 g/mol. The molecule has 1 saturated heterocycles. The van der Waals surface area contributed by atoms with Crippen LogP contribution in [0.2, 0.25) is 0 Å². The molecule has 1 aliphatic rings. The quantitative estimate of drug-likeness (QED) is 0.843. The number of ether oxygens (including phenoxy) is 3. The van der Waals surface area contributed by atoms with Gasteiger partial charge >= 0.3 is 0 Å². The van der Waals surface area contributed by atoms with Crippen LogP contribution in [0.25, 0.3) is 0 Å². The number of aliphatic hydroxyl groups is 1. The Labute approximate surface area is 101 Å². The lowest BCUT2D eigenvalue weighted by Crippen LogP contribution is -2.37. The molecule has 1 unspecified atom stereocenters. The van der Waals surface area contributed by atoms with Gasteiger partial charge in [-0.25, -0.2) is 0 Å². The molecule has 1 aromatic rings. The van der Waals surface area contributed by atoms with E-state index in [2.05, 4.69) is 0 Å². The van der Waals surface area contributed by atoms with Crippen LogP contribution in [0.4, 0.5) is 0 Å². The highest BCUT2D eigenvalue weighted by Crippen LogP contribution is 2.27. The summed E-state index contributed by atoms with van der Waals surface area (Å²) in [6, 6.07) is 5.74. The van der Waals surface area contributed by atoms with Crippen LogP contribution in [0.3, 0.4) is 0 Å².